The van der Waals surface area contributed by atoms with Crippen molar-refractivity contribution in [3.8, 4) is 0 Å². The van der Waals surface area contributed by atoms with Crippen LogP contribution in [-0.4, -0.2) is 19.1 Å². The molecule has 1 rings (SSSR count). The normalized spacial score (nSPS) is 11.5. The lowest BCUT2D eigenvalue weighted by molar-refractivity contribution is -0.142. The van der Waals surface area contributed by atoms with Gasteiger partial charge >= 0.3 is 5.97 Å². The molecule has 0 aliphatic carbocycles. The summed E-state index contributed by atoms with van der Waals surface area (Å²) in [6, 6.07) is 3.17. The molecule has 0 aliphatic rings. The molecule has 1 atom stereocenters. The van der Waals surface area contributed by atoms with E-state index in [2.05, 4.69) is 4.74 Å². The van der Waals surface area contributed by atoms with Crippen LogP contribution in [0.2, 0.25) is 5.02 Å². The maximum atomic E-state index is 12.7. The summed E-state index contributed by atoms with van der Waals surface area (Å²) in [7, 11) is 1.26. The van der Waals surface area contributed by atoms with Crippen LogP contribution in [0.3, 0.4) is 0 Å². The number of carbonyl (C=O) groups is 1. The van der Waals surface area contributed by atoms with Crippen LogP contribution in [0.1, 0.15) is 5.56 Å². The van der Waals surface area contributed by atoms with Crippen molar-refractivity contribution >= 4 is 30.0 Å². The van der Waals surface area contributed by atoms with E-state index in [0.29, 0.717) is 5.56 Å². The highest BCUT2D eigenvalue weighted by atomic mass is 35.5. The van der Waals surface area contributed by atoms with Gasteiger partial charge in [0, 0.05) is 5.02 Å². The lowest BCUT2D eigenvalue weighted by Crippen LogP contribution is -2.33. The molecule has 90 valence electrons. The van der Waals surface area contributed by atoms with E-state index >= 15 is 0 Å². The molecule has 0 aromatic heterocycles. The van der Waals surface area contributed by atoms with Crippen molar-refractivity contribution in [2.45, 2.75) is 12.5 Å². The van der Waals surface area contributed by atoms with Gasteiger partial charge in [-0.15, -0.1) is 12.4 Å². The average molecular weight is 268 g/mol. The molecule has 2 N–H and O–H groups in total. The SMILES string of the molecule is COC(=O)[C@@H](N)Cc1ccc(F)cc1Cl.Cl. The summed E-state index contributed by atoms with van der Waals surface area (Å²) in [5.41, 5.74) is 6.16. The van der Waals surface area contributed by atoms with Gasteiger partial charge in [0.1, 0.15) is 11.9 Å². The van der Waals surface area contributed by atoms with Gasteiger partial charge in [0.15, 0.2) is 0 Å². The highest BCUT2D eigenvalue weighted by Crippen LogP contribution is 2.18. The van der Waals surface area contributed by atoms with Gasteiger partial charge in [-0.3, -0.25) is 4.79 Å². The third-order valence-electron chi connectivity index (χ3n) is 1.96. The Labute approximate surface area is 104 Å². The summed E-state index contributed by atoms with van der Waals surface area (Å²) in [5, 5.41) is 0.259. The number of methoxy groups -OCH3 is 1. The zero-order valence-electron chi connectivity index (χ0n) is 8.57. The van der Waals surface area contributed by atoms with Crippen molar-refractivity contribution in [2.24, 2.45) is 5.73 Å². The van der Waals surface area contributed by atoms with Crippen LogP contribution in [-0.2, 0) is 16.0 Å². The number of ether oxygens (including phenoxy) is 1. The number of carbonyl (C=O) groups excluding carboxylic acids is 1. The van der Waals surface area contributed by atoms with E-state index in [0.717, 1.165) is 0 Å². The van der Waals surface area contributed by atoms with Gasteiger partial charge in [-0.05, 0) is 24.1 Å². The van der Waals surface area contributed by atoms with Gasteiger partial charge in [-0.1, -0.05) is 17.7 Å². The van der Waals surface area contributed by atoms with Gasteiger partial charge in [0.25, 0.3) is 0 Å². The Morgan fingerprint density at radius 3 is 2.75 bits per heavy atom. The second kappa shape index (κ2) is 6.68. The van der Waals surface area contributed by atoms with Crippen molar-refractivity contribution in [3.63, 3.8) is 0 Å². The minimum Gasteiger partial charge on any atom is -0.468 e. The molecule has 6 heteroatoms. The van der Waals surface area contributed by atoms with Crippen molar-refractivity contribution in [3.05, 3.63) is 34.6 Å². The van der Waals surface area contributed by atoms with Crippen LogP contribution in [0.25, 0.3) is 0 Å². The molecule has 0 saturated carbocycles. The molecule has 0 bridgehead atoms. The molecule has 3 nitrogen and oxygen atoms in total. The van der Waals surface area contributed by atoms with Crippen molar-refractivity contribution in [1.82, 2.24) is 0 Å². The molecule has 0 amide bonds. The molecule has 0 fully saturated rings. The third-order valence-corrected chi connectivity index (χ3v) is 2.31. The summed E-state index contributed by atoms with van der Waals surface area (Å²) in [4.78, 5) is 11.0. The molecule has 1 aromatic carbocycles. The van der Waals surface area contributed by atoms with Gasteiger partial charge in [-0.25, -0.2) is 4.39 Å². The number of halogens is 3. The van der Waals surface area contributed by atoms with E-state index in [4.69, 9.17) is 17.3 Å². The summed E-state index contributed by atoms with van der Waals surface area (Å²) < 4.78 is 17.2. The highest BCUT2D eigenvalue weighted by molar-refractivity contribution is 6.31. The van der Waals surface area contributed by atoms with Crippen molar-refractivity contribution < 1.29 is 13.9 Å². The lowest BCUT2D eigenvalue weighted by Gasteiger charge is -2.10. The van der Waals surface area contributed by atoms with E-state index in [-0.39, 0.29) is 23.9 Å². The first kappa shape index (κ1) is 15.2. The standard InChI is InChI=1S/C10H11ClFNO2.ClH/c1-15-10(14)9(13)4-6-2-3-7(12)5-8(6)11;/h2-3,5,9H,4,13H2,1H3;1H/t9-;/m0./s1. The first-order chi connectivity index (χ1) is 7.04. The first-order valence-electron chi connectivity index (χ1n) is 4.32. The summed E-state index contributed by atoms with van der Waals surface area (Å²) in [6.07, 6.45) is 0.228. The van der Waals surface area contributed by atoms with Crippen LogP contribution in [0.15, 0.2) is 18.2 Å². The number of benzene rings is 1. The van der Waals surface area contributed by atoms with Gasteiger partial charge in [0.2, 0.25) is 0 Å². The van der Waals surface area contributed by atoms with Crippen molar-refractivity contribution in [2.75, 3.05) is 7.11 Å². The second-order valence-electron chi connectivity index (χ2n) is 3.07. The monoisotopic (exact) mass is 267 g/mol. The number of hydrogen-bond acceptors (Lipinski definition) is 3. The summed E-state index contributed by atoms with van der Waals surface area (Å²) in [5.74, 6) is -0.939. The van der Waals surface area contributed by atoms with E-state index in [1.807, 2.05) is 0 Å². The third kappa shape index (κ3) is 3.96. The van der Waals surface area contributed by atoms with Gasteiger partial charge in [-0.2, -0.15) is 0 Å². The maximum absolute atomic E-state index is 12.7. The Morgan fingerprint density at radius 1 is 1.62 bits per heavy atom. The molecule has 0 unspecified atom stereocenters. The minimum atomic E-state index is -0.780. The van der Waals surface area contributed by atoms with E-state index in [1.165, 1.54) is 25.3 Å². The highest BCUT2D eigenvalue weighted by Gasteiger charge is 2.15. The van der Waals surface area contributed by atoms with Crippen molar-refractivity contribution in [1.29, 1.82) is 0 Å². The maximum Gasteiger partial charge on any atom is 0.322 e. The molecule has 0 spiro atoms. The molecular formula is C10H12Cl2FNO2. The van der Waals surface area contributed by atoms with Crippen LogP contribution in [0, 0.1) is 5.82 Å². The molecule has 0 radical (unpaired) electrons. The minimum absolute atomic E-state index is 0. The molecule has 0 saturated heterocycles. The Kier molecular flexibility index (Phi) is 6.33. The average Bonchev–Trinajstić information content (AvgIpc) is 2.20. The zero-order valence-corrected chi connectivity index (χ0v) is 10.1. The van der Waals surface area contributed by atoms with E-state index < -0.39 is 17.8 Å². The lowest BCUT2D eigenvalue weighted by atomic mass is 10.1. The summed E-state index contributed by atoms with van der Waals surface area (Å²) >= 11 is 5.77. The number of nitrogens with two attached hydrogens (primary N) is 1. The first-order valence-corrected chi connectivity index (χ1v) is 4.69. The molecule has 0 heterocycles. The topological polar surface area (TPSA) is 52.3 Å². The predicted molar refractivity (Wildman–Crippen MR) is 62.4 cm³/mol. The molecule has 1 aromatic rings. The Morgan fingerprint density at radius 2 is 2.25 bits per heavy atom. The summed E-state index contributed by atoms with van der Waals surface area (Å²) in [6.45, 7) is 0. The van der Waals surface area contributed by atoms with Gasteiger partial charge in [0.05, 0.1) is 7.11 Å². The second-order valence-corrected chi connectivity index (χ2v) is 3.48. The molecule has 16 heavy (non-hydrogen) atoms. The Bertz CT molecular complexity index is 374. The Balaban J connectivity index is 0.00000225. The zero-order chi connectivity index (χ0) is 11.4. The largest absolute Gasteiger partial charge is 0.468 e. The van der Waals surface area contributed by atoms with Crippen LogP contribution < -0.4 is 5.73 Å². The quantitative estimate of drug-likeness (QED) is 0.852. The van der Waals surface area contributed by atoms with Crippen LogP contribution >= 0.6 is 24.0 Å². The molecule has 0 aliphatic heterocycles. The predicted octanol–water partition coefficient (Wildman–Crippen LogP) is 1.94. The number of hydrogen-bond donors (Lipinski definition) is 1. The fourth-order valence-corrected chi connectivity index (χ4v) is 1.40. The fraction of sp³-hybridized carbons (Fsp3) is 0.300. The number of esters is 1. The molecular weight excluding hydrogens is 256 g/mol. The fourth-order valence-electron chi connectivity index (χ4n) is 1.16. The van der Waals surface area contributed by atoms with E-state index in [1.54, 1.807) is 0 Å². The van der Waals surface area contributed by atoms with E-state index in [9.17, 15) is 9.18 Å². The Hall–Kier alpha value is -0.840. The number of rotatable bonds is 3. The van der Waals surface area contributed by atoms with Crippen LogP contribution in [0.5, 0.6) is 0 Å². The smallest absolute Gasteiger partial charge is 0.322 e. The van der Waals surface area contributed by atoms with Crippen LogP contribution in [0.4, 0.5) is 4.39 Å². The van der Waals surface area contributed by atoms with Gasteiger partial charge < -0.3 is 10.5 Å².